The SMILES string of the molecule is C=C(C)C(CC(=O)OCC)c1ccccc1Cl. The van der Waals surface area contributed by atoms with Crippen molar-refractivity contribution in [2.24, 2.45) is 0 Å². The lowest BCUT2D eigenvalue weighted by Gasteiger charge is -2.17. The Bertz CT molecular complexity index is 412. The van der Waals surface area contributed by atoms with Crippen molar-refractivity contribution < 1.29 is 9.53 Å². The van der Waals surface area contributed by atoms with E-state index in [2.05, 4.69) is 6.58 Å². The van der Waals surface area contributed by atoms with E-state index >= 15 is 0 Å². The monoisotopic (exact) mass is 252 g/mol. The van der Waals surface area contributed by atoms with Crippen LogP contribution in [0.25, 0.3) is 0 Å². The molecule has 0 N–H and O–H groups in total. The second kappa shape index (κ2) is 6.45. The molecule has 1 aromatic rings. The van der Waals surface area contributed by atoms with Crippen LogP contribution in [0.5, 0.6) is 0 Å². The van der Waals surface area contributed by atoms with E-state index in [4.69, 9.17) is 16.3 Å². The van der Waals surface area contributed by atoms with Crippen LogP contribution >= 0.6 is 11.6 Å². The summed E-state index contributed by atoms with van der Waals surface area (Å²) in [5.41, 5.74) is 1.83. The first kappa shape index (κ1) is 13.8. The number of hydrogen-bond donors (Lipinski definition) is 0. The van der Waals surface area contributed by atoms with Gasteiger partial charge < -0.3 is 4.74 Å². The van der Waals surface area contributed by atoms with E-state index in [1.165, 1.54) is 0 Å². The third-order valence-electron chi connectivity index (χ3n) is 2.55. The number of allylic oxidation sites excluding steroid dienone is 1. The van der Waals surface area contributed by atoms with Gasteiger partial charge in [-0.05, 0) is 25.5 Å². The molecule has 1 atom stereocenters. The summed E-state index contributed by atoms with van der Waals surface area (Å²) >= 11 is 6.13. The lowest BCUT2D eigenvalue weighted by Crippen LogP contribution is -2.11. The first-order valence-corrected chi connectivity index (χ1v) is 5.99. The molecular weight excluding hydrogens is 236 g/mol. The van der Waals surface area contributed by atoms with Crippen LogP contribution in [0.3, 0.4) is 0 Å². The highest BCUT2D eigenvalue weighted by atomic mass is 35.5. The molecule has 0 saturated carbocycles. The van der Waals surface area contributed by atoms with Crippen molar-refractivity contribution in [1.82, 2.24) is 0 Å². The number of hydrogen-bond acceptors (Lipinski definition) is 2. The summed E-state index contributed by atoms with van der Waals surface area (Å²) in [5, 5.41) is 0.657. The van der Waals surface area contributed by atoms with Gasteiger partial charge in [-0.2, -0.15) is 0 Å². The molecule has 0 aliphatic carbocycles. The molecule has 1 aromatic carbocycles. The molecule has 0 heterocycles. The maximum absolute atomic E-state index is 11.5. The summed E-state index contributed by atoms with van der Waals surface area (Å²) in [6.45, 7) is 8.00. The maximum Gasteiger partial charge on any atom is 0.306 e. The fourth-order valence-electron chi connectivity index (χ4n) is 1.69. The summed E-state index contributed by atoms with van der Waals surface area (Å²) < 4.78 is 4.96. The molecule has 0 bridgehead atoms. The van der Waals surface area contributed by atoms with Crippen molar-refractivity contribution in [3.05, 3.63) is 47.0 Å². The molecule has 0 aliphatic rings. The van der Waals surface area contributed by atoms with Crippen LogP contribution in [-0.2, 0) is 9.53 Å². The molecule has 0 saturated heterocycles. The number of rotatable bonds is 5. The number of esters is 1. The molecule has 2 nitrogen and oxygen atoms in total. The lowest BCUT2D eigenvalue weighted by atomic mass is 9.90. The highest BCUT2D eigenvalue weighted by Gasteiger charge is 2.19. The van der Waals surface area contributed by atoms with Gasteiger partial charge >= 0.3 is 5.97 Å². The molecule has 92 valence electrons. The predicted molar refractivity (Wildman–Crippen MR) is 70.3 cm³/mol. The highest BCUT2D eigenvalue weighted by Crippen LogP contribution is 2.32. The molecule has 0 amide bonds. The van der Waals surface area contributed by atoms with E-state index in [0.717, 1.165) is 11.1 Å². The van der Waals surface area contributed by atoms with Gasteiger partial charge in [0.25, 0.3) is 0 Å². The molecule has 0 spiro atoms. The van der Waals surface area contributed by atoms with Crippen LogP contribution in [0.2, 0.25) is 5.02 Å². The number of carbonyl (C=O) groups excluding carboxylic acids is 1. The van der Waals surface area contributed by atoms with Gasteiger partial charge in [0.1, 0.15) is 0 Å². The van der Waals surface area contributed by atoms with Gasteiger partial charge in [0.05, 0.1) is 13.0 Å². The predicted octanol–water partition coefficient (Wildman–Crippen LogP) is 3.95. The van der Waals surface area contributed by atoms with E-state index in [0.29, 0.717) is 11.6 Å². The van der Waals surface area contributed by atoms with Crippen molar-refractivity contribution in [2.45, 2.75) is 26.2 Å². The number of halogens is 1. The van der Waals surface area contributed by atoms with E-state index < -0.39 is 0 Å². The minimum absolute atomic E-state index is 0.0808. The molecule has 3 heteroatoms. The third-order valence-corrected chi connectivity index (χ3v) is 2.90. The Labute approximate surface area is 107 Å². The van der Waals surface area contributed by atoms with Crippen molar-refractivity contribution in [2.75, 3.05) is 6.61 Å². The Morgan fingerprint density at radius 2 is 2.12 bits per heavy atom. The Hall–Kier alpha value is -1.28. The van der Waals surface area contributed by atoms with Gasteiger partial charge in [0.15, 0.2) is 0 Å². The van der Waals surface area contributed by atoms with Crippen molar-refractivity contribution in [3.8, 4) is 0 Å². The first-order chi connectivity index (χ1) is 8.06. The third kappa shape index (κ3) is 3.90. The molecular formula is C14H17ClO2. The topological polar surface area (TPSA) is 26.3 Å². The maximum atomic E-state index is 11.5. The van der Waals surface area contributed by atoms with E-state index in [-0.39, 0.29) is 18.3 Å². The van der Waals surface area contributed by atoms with Crippen LogP contribution in [0.1, 0.15) is 31.7 Å². The number of carbonyl (C=O) groups is 1. The zero-order valence-corrected chi connectivity index (χ0v) is 11.0. The van der Waals surface area contributed by atoms with Gasteiger partial charge in [0.2, 0.25) is 0 Å². The molecule has 0 aliphatic heterocycles. The Morgan fingerprint density at radius 3 is 2.65 bits per heavy atom. The largest absolute Gasteiger partial charge is 0.466 e. The second-order valence-corrected chi connectivity index (χ2v) is 4.34. The smallest absolute Gasteiger partial charge is 0.306 e. The normalized spacial score (nSPS) is 11.9. The molecule has 1 rings (SSSR count). The van der Waals surface area contributed by atoms with Gasteiger partial charge in [0, 0.05) is 10.9 Å². The number of ether oxygens (including phenoxy) is 1. The van der Waals surface area contributed by atoms with Crippen molar-refractivity contribution in [3.63, 3.8) is 0 Å². The first-order valence-electron chi connectivity index (χ1n) is 5.61. The minimum Gasteiger partial charge on any atom is -0.466 e. The zero-order valence-electron chi connectivity index (χ0n) is 10.2. The van der Waals surface area contributed by atoms with E-state index in [1.807, 2.05) is 31.2 Å². The summed E-state index contributed by atoms with van der Waals surface area (Å²) in [5.74, 6) is -0.303. The molecule has 17 heavy (non-hydrogen) atoms. The quantitative estimate of drug-likeness (QED) is 0.586. The van der Waals surface area contributed by atoms with Crippen LogP contribution in [0, 0.1) is 0 Å². The fourth-order valence-corrected chi connectivity index (χ4v) is 1.96. The Balaban J connectivity index is 2.91. The van der Waals surface area contributed by atoms with Gasteiger partial charge in [-0.1, -0.05) is 42.0 Å². The Morgan fingerprint density at radius 1 is 1.47 bits per heavy atom. The molecule has 1 unspecified atom stereocenters. The van der Waals surface area contributed by atoms with Crippen molar-refractivity contribution in [1.29, 1.82) is 0 Å². The highest BCUT2D eigenvalue weighted by molar-refractivity contribution is 6.31. The zero-order chi connectivity index (χ0) is 12.8. The molecule has 0 aromatic heterocycles. The molecule has 0 fully saturated rings. The van der Waals surface area contributed by atoms with Crippen LogP contribution in [0.4, 0.5) is 0 Å². The lowest BCUT2D eigenvalue weighted by molar-refractivity contribution is -0.143. The fraction of sp³-hybridized carbons (Fsp3) is 0.357. The van der Waals surface area contributed by atoms with Gasteiger partial charge in [-0.25, -0.2) is 0 Å². The van der Waals surface area contributed by atoms with Gasteiger partial charge in [-0.15, -0.1) is 0 Å². The van der Waals surface area contributed by atoms with Crippen molar-refractivity contribution >= 4 is 17.6 Å². The summed E-state index contributed by atoms with van der Waals surface area (Å²) in [4.78, 5) is 11.5. The minimum atomic E-state index is -0.222. The van der Waals surface area contributed by atoms with E-state index in [9.17, 15) is 4.79 Å². The van der Waals surface area contributed by atoms with Gasteiger partial charge in [-0.3, -0.25) is 4.79 Å². The summed E-state index contributed by atoms with van der Waals surface area (Å²) in [6.07, 6.45) is 0.285. The van der Waals surface area contributed by atoms with Crippen LogP contribution in [0.15, 0.2) is 36.4 Å². The average molecular weight is 253 g/mol. The standard InChI is InChI=1S/C14H17ClO2/c1-4-17-14(16)9-12(10(2)3)11-7-5-6-8-13(11)15/h5-8,12H,2,4,9H2,1,3H3. The Kier molecular flexibility index (Phi) is 5.23. The number of benzene rings is 1. The summed E-state index contributed by atoms with van der Waals surface area (Å²) in [7, 11) is 0. The molecule has 0 radical (unpaired) electrons. The second-order valence-electron chi connectivity index (χ2n) is 3.93. The van der Waals surface area contributed by atoms with Crippen LogP contribution in [-0.4, -0.2) is 12.6 Å². The van der Waals surface area contributed by atoms with Crippen LogP contribution < -0.4 is 0 Å². The average Bonchev–Trinajstić information content (AvgIpc) is 2.27. The summed E-state index contributed by atoms with van der Waals surface area (Å²) in [6, 6.07) is 7.51. The van der Waals surface area contributed by atoms with E-state index in [1.54, 1.807) is 6.92 Å².